The number of carbonyl (C=O) groups is 1. The second-order valence-electron chi connectivity index (χ2n) is 6.63. The van der Waals surface area contributed by atoms with E-state index >= 15 is 0 Å². The van der Waals surface area contributed by atoms with Gasteiger partial charge in [0.15, 0.2) is 10.9 Å². The number of rotatable bonds is 4. The van der Waals surface area contributed by atoms with Gasteiger partial charge in [-0.2, -0.15) is 0 Å². The number of nitrogens with zero attached hydrogens (tertiary/aromatic N) is 1. The number of halogens is 1. The molecule has 2 aromatic carbocycles. The summed E-state index contributed by atoms with van der Waals surface area (Å²) in [7, 11) is 0. The van der Waals surface area contributed by atoms with E-state index < -0.39 is 0 Å². The number of anilines is 1. The van der Waals surface area contributed by atoms with E-state index in [1.807, 2.05) is 26.0 Å². The lowest BCUT2D eigenvalue weighted by molar-refractivity contribution is 0.0998. The van der Waals surface area contributed by atoms with E-state index in [1.165, 1.54) is 29.0 Å². The second-order valence-corrected chi connectivity index (χ2v) is 7.83. The van der Waals surface area contributed by atoms with E-state index in [2.05, 4.69) is 23.3 Å². The highest BCUT2D eigenvalue weighted by Gasteiger charge is 2.20. The van der Waals surface area contributed by atoms with Crippen LogP contribution in [0.1, 0.15) is 33.5 Å². The standard InChI is InChI=1S/C22H19FN2O2S/c1-4-14-5-10-18-17(11-14)12(2)20(27-18)21(26)25-22-24-19(13(3)28-22)15-6-8-16(23)9-7-15/h5-11H,4H2,1-3H3,(H,24,25,26). The van der Waals surface area contributed by atoms with Crippen molar-refractivity contribution in [3.8, 4) is 11.3 Å². The summed E-state index contributed by atoms with van der Waals surface area (Å²) in [6, 6.07) is 12.1. The molecule has 28 heavy (non-hydrogen) atoms. The van der Waals surface area contributed by atoms with Crippen LogP contribution in [-0.4, -0.2) is 10.9 Å². The number of nitrogens with one attached hydrogen (secondary N) is 1. The molecule has 0 fully saturated rings. The molecule has 0 saturated heterocycles. The Morgan fingerprint density at radius 2 is 1.93 bits per heavy atom. The van der Waals surface area contributed by atoms with Gasteiger partial charge in [-0.15, -0.1) is 11.3 Å². The first-order valence-electron chi connectivity index (χ1n) is 9.03. The first-order valence-corrected chi connectivity index (χ1v) is 9.84. The maximum absolute atomic E-state index is 13.2. The van der Waals surface area contributed by atoms with Crippen molar-refractivity contribution in [3.05, 3.63) is 70.0 Å². The van der Waals surface area contributed by atoms with E-state index in [0.29, 0.717) is 16.5 Å². The van der Waals surface area contributed by atoms with Crippen molar-refractivity contribution in [1.29, 1.82) is 0 Å². The zero-order chi connectivity index (χ0) is 19.8. The largest absolute Gasteiger partial charge is 0.451 e. The van der Waals surface area contributed by atoms with Crippen LogP contribution in [0.5, 0.6) is 0 Å². The molecular weight excluding hydrogens is 375 g/mol. The van der Waals surface area contributed by atoms with Crippen LogP contribution in [0, 0.1) is 19.7 Å². The van der Waals surface area contributed by atoms with Crippen LogP contribution in [0.3, 0.4) is 0 Å². The average molecular weight is 394 g/mol. The minimum absolute atomic E-state index is 0.291. The highest BCUT2D eigenvalue weighted by molar-refractivity contribution is 7.16. The Morgan fingerprint density at radius 1 is 1.18 bits per heavy atom. The van der Waals surface area contributed by atoms with Crippen LogP contribution in [0.2, 0.25) is 0 Å². The molecule has 2 heterocycles. The number of furan rings is 1. The van der Waals surface area contributed by atoms with Crippen molar-refractivity contribution in [2.45, 2.75) is 27.2 Å². The lowest BCUT2D eigenvalue weighted by Gasteiger charge is -2.00. The number of thiazole rings is 1. The number of carbonyl (C=O) groups excluding carboxylic acids is 1. The molecule has 0 radical (unpaired) electrons. The van der Waals surface area contributed by atoms with Crippen molar-refractivity contribution >= 4 is 33.3 Å². The molecule has 0 aliphatic heterocycles. The van der Waals surface area contributed by atoms with Crippen molar-refractivity contribution in [1.82, 2.24) is 4.98 Å². The van der Waals surface area contributed by atoms with Crippen LogP contribution in [0.15, 0.2) is 46.9 Å². The maximum atomic E-state index is 13.2. The van der Waals surface area contributed by atoms with Crippen molar-refractivity contribution in [2.75, 3.05) is 5.32 Å². The quantitative estimate of drug-likeness (QED) is 0.453. The fourth-order valence-corrected chi connectivity index (χ4v) is 4.01. The van der Waals surface area contributed by atoms with Crippen molar-refractivity contribution in [3.63, 3.8) is 0 Å². The van der Waals surface area contributed by atoms with Crippen LogP contribution in [0.25, 0.3) is 22.2 Å². The highest BCUT2D eigenvalue weighted by atomic mass is 32.1. The minimum atomic E-state index is -0.328. The molecule has 0 atom stereocenters. The predicted molar refractivity (Wildman–Crippen MR) is 111 cm³/mol. The average Bonchev–Trinajstić information content (AvgIpc) is 3.22. The summed E-state index contributed by atoms with van der Waals surface area (Å²) in [5.74, 6) is -0.331. The minimum Gasteiger partial charge on any atom is -0.451 e. The zero-order valence-electron chi connectivity index (χ0n) is 15.8. The summed E-state index contributed by atoms with van der Waals surface area (Å²) in [6.45, 7) is 5.90. The van der Waals surface area contributed by atoms with E-state index in [-0.39, 0.29) is 11.7 Å². The van der Waals surface area contributed by atoms with Gasteiger partial charge in [0.2, 0.25) is 0 Å². The third kappa shape index (κ3) is 3.31. The first-order chi connectivity index (χ1) is 13.5. The van der Waals surface area contributed by atoms with Crippen LogP contribution in [-0.2, 0) is 6.42 Å². The fraction of sp³-hybridized carbons (Fsp3) is 0.182. The highest BCUT2D eigenvalue weighted by Crippen LogP contribution is 2.32. The van der Waals surface area contributed by atoms with Gasteiger partial charge in [0.05, 0.1) is 5.69 Å². The summed E-state index contributed by atoms with van der Waals surface area (Å²) in [4.78, 5) is 18.2. The Bertz CT molecular complexity index is 1180. The van der Waals surface area contributed by atoms with E-state index in [9.17, 15) is 9.18 Å². The first kappa shape index (κ1) is 18.4. The Labute approximate surface area is 166 Å². The molecule has 142 valence electrons. The molecule has 6 heteroatoms. The van der Waals surface area contributed by atoms with Gasteiger partial charge in [0.25, 0.3) is 5.91 Å². The lowest BCUT2D eigenvalue weighted by atomic mass is 10.1. The number of benzene rings is 2. The maximum Gasteiger partial charge on any atom is 0.293 e. The molecule has 4 rings (SSSR count). The summed E-state index contributed by atoms with van der Waals surface area (Å²) in [6.07, 6.45) is 0.923. The smallest absolute Gasteiger partial charge is 0.293 e. The zero-order valence-corrected chi connectivity index (χ0v) is 16.6. The van der Waals surface area contributed by atoms with E-state index in [1.54, 1.807) is 12.1 Å². The Balaban J connectivity index is 1.62. The molecule has 1 N–H and O–H groups in total. The molecule has 0 aliphatic rings. The van der Waals surface area contributed by atoms with Gasteiger partial charge in [-0.3, -0.25) is 10.1 Å². The van der Waals surface area contributed by atoms with Crippen LogP contribution in [0.4, 0.5) is 9.52 Å². The van der Waals surface area contributed by atoms with Gasteiger partial charge in [0, 0.05) is 21.4 Å². The molecule has 4 aromatic rings. The molecule has 0 unspecified atom stereocenters. The molecule has 2 aromatic heterocycles. The van der Waals surface area contributed by atoms with Gasteiger partial charge < -0.3 is 4.42 Å². The molecule has 4 nitrogen and oxygen atoms in total. The van der Waals surface area contributed by atoms with Crippen molar-refractivity contribution < 1.29 is 13.6 Å². The monoisotopic (exact) mass is 394 g/mol. The molecule has 0 spiro atoms. The summed E-state index contributed by atoms with van der Waals surface area (Å²) in [5, 5.41) is 4.26. The molecular formula is C22H19FN2O2S. The number of amides is 1. The fourth-order valence-electron chi connectivity index (χ4n) is 3.18. The van der Waals surface area contributed by atoms with Gasteiger partial charge in [0.1, 0.15) is 11.4 Å². The molecule has 0 bridgehead atoms. The Morgan fingerprint density at radius 3 is 2.64 bits per heavy atom. The molecule has 1 amide bonds. The Hall–Kier alpha value is -2.99. The molecule has 0 aliphatic carbocycles. The number of fused-ring (bicyclic) bond motifs is 1. The topological polar surface area (TPSA) is 55.1 Å². The number of aromatic nitrogens is 1. The van der Waals surface area contributed by atoms with Crippen molar-refractivity contribution in [2.24, 2.45) is 0 Å². The van der Waals surface area contributed by atoms with Gasteiger partial charge in [-0.1, -0.05) is 13.0 Å². The number of aryl methyl sites for hydroxylation is 3. The molecule has 0 saturated carbocycles. The second kappa shape index (κ2) is 7.20. The van der Waals surface area contributed by atoms with E-state index in [4.69, 9.17) is 4.42 Å². The summed E-state index contributed by atoms with van der Waals surface area (Å²) >= 11 is 1.38. The van der Waals surface area contributed by atoms with Gasteiger partial charge in [-0.05, 0) is 62.2 Å². The number of hydrogen-bond donors (Lipinski definition) is 1. The third-order valence-electron chi connectivity index (χ3n) is 4.75. The summed E-state index contributed by atoms with van der Waals surface area (Å²) < 4.78 is 18.9. The van der Waals surface area contributed by atoms with Crippen LogP contribution >= 0.6 is 11.3 Å². The predicted octanol–water partition coefficient (Wildman–Crippen LogP) is 6.13. The lowest BCUT2D eigenvalue weighted by Crippen LogP contribution is -2.11. The van der Waals surface area contributed by atoms with E-state index in [0.717, 1.165) is 33.5 Å². The van der Waals surface area contributed by atoms with Crippen LogP contribution < -0.4 is 5.32 Å². The third-order valence-corrected chi connectivity index (χ3v) is 5.64. The summed E-state index contributed by atoms with van der Waals surface area (Å²) in [5.41, 5.74) is 4.25. The van der Waals surface area contributed by atoms with Gasteiger partial charge in [-0.25, -0.2) is 9.37 Å². The Kier molecular flexibility index (Phi) is 4.73. The van der Waals surface area contributed by atoms with Gasteiger partial charge >= 0.3 is 0 Å². The SMILES string of the molecule is CCc1ccc2oc(C(=O)Nc3nc(-c4ccc(F)cc4)c(C)s3)c(C)c2c1. The normalized spacial score (nSPS) is 11.1. The number of hydrogen-bond acceptors (Lipinski definition) is 4.